The Bertz CT molecular complexity index is 1130. The van der Waals surface area contributed by atoms with Crippen LogP contribution in [0.3, 0.4) is 0 Å². The Morgan fingerprint density at radius 1 is 1.25 bits per heavy atom. The van der Waals surface area contributed by atoms with Crippen LogP contribution >= 0.6 is 11.8 Å². The number of Topliss-reactive ketones (excluding diaryl/α,β-unsaturated/α-hetero) is 1. The average molecular weight is 531 g/mol. The first kappa shape index (κ1) is 26.7. The Morgan fingerprint density at radius 2 is 1.97 bits per heavy atom. The number of amides is 1. The first-order valence-corrected chi connectivity index (χ1v) is 12.6. The lowest BCUT2D eigenvalue weighted by atomic mass is 9.77. The zero-order valence-electron chi connectivity index (χ0n) is 20.1. The molecular weight excluding hydrogens is 503 g/mol. The molecule has 1 amide bonds. The summed E-state index contributed by atoms with van der Waals surface area (Å²) >= 11 is 1.33. The summed E-state index contributed by atoms with van der Waals surface area (Å²) in [6, 6.07) is 2.99. The van der Waals surface area contributed by atoms with Crippen LogP contribution in [-0.2, 0) is 9.59 Å². The SMILES string of the molecule is CC(=O)CN1CCC(N2CS/C(=C\c3ccc(C4C=C(C(F)(F)F)C=C(C(C)(F)F)C4C)o3)C2=O)C1. The summed E-state index contributed by atoms with van der Waals surface area (Å²) in [4.78, 5) is 28.6. The van der Waals surface area contributed by atoms with Crippen molar-refractivity contribution in [3.8, 4) is 0 Å². The van der Waals surface area contributed by atoms with Gasteiger partial charge in [0.1, 0.15) is 17.3 Å². The third-order valence-electron chi connectivity index (χ3n) is 6.75. The highest BCUT2D eigenvalue weighted by atomic mass is 32.2. The molecule has 2 aliphatic heterocycles. The molecule has 196 valence electrons. The maximum Gasteiger partial charge on any atom is 0.416 e. The fraction of sp³-hybridized carbons (Fsp3) is 0.520. The highest BCUT2D eigenvalue weighted by Gasteiger charge is 2.44. The smallest absolute Gasteiger partial charge is 0.416 e. The quantitative estimate of drug-likeness (QED) is 0.353. The standard InChI is InChI=1S/C25H27F5N2O3S/c1-14(33)11-31-7-6-17(12-31)32-13-36-22(23(32)34)10-18-4-5-21(35-18)19-8-16(25(28,29)30)9-20(15(19)2)24(3,26)27/h4-5,8-10,15,17,19H,6-7,11-13H2,1-3H3/b22-10-. The molecule has 3 atom stereocenters. The van der Waals surface area contributed by atoms with Crippen LogP contribution in [0.5, 0.6) is 0 Å². The molecule has 0 N–H and O–H groups in total. The lowest BCUT2D eigenvalue weighted by Crippen LogP contribution is -2.39. The van der Waals surface area contributed by atoms with Crippen molar-refractivity contribution in [1.29, 1.82) is 0 Å². The minimum absolute atomic E-state index is 0.00246. The van der Waals surface area contributed by atoms with Crippen molar-refractivity contribution in [1.82, 2.24) is 9.80 Å². The summed E-state index contributed by atoms with van der Waals surface area (Å²) in [7, 11) is 0. The van der Waals surface area contributed by atoms with Crippen LogP contribution < -0.4 is 0 Å². The fourth-order valence-electron chi connectivity index (χ4n) is 4.96. The van der Waals surface area contributed by atoms with E-state index in [0.29, 0.717) is 36.9 Å². The van der Waals surface area contributed by atoms with Crippen LogP contribution in [0.2, 0.25) is 0 Å². The number of nitrogens with zero attached hydrogens (tertiary/aromatic N) is 2. The molecule has 0 saturated carbocycles. The summed E-state index contributed by atoms with van der Waals surface area (Å²) in [6.45, 7) is 5.27. The third-order valence-corrected chi connectivity index (χ3v) is 7.76. The van der Waals surface area contributed by atoms with Gasteiger partial charge in [0, 0.05) is 37.5 Å². The minimum Gasteiger partial charge on any atom is -0.461 e. The molecule has 3 aliphatic rings. The van der Waals surface area contributed by atoms with E-state index in [4.69, 9.17) is 4.42 Å². The first-order valence-electron chi connectivity index (χ1n) is 11.6. The van der Waals surface area contributed by atoms with E-state index in [1.54, 1.807) is 4.90 Å². The monoisotopic (exact) mass is 530 g/mol. The maximum atomic E-state index is 14.1. The largest absolute Gasteiger partial charge is 0.461 e. The van der Waals surface area contributed by atoms with Crippen molar-refractivity contribution >= 4 is 29.5 Å². The van der Waals surface area contributed by atoms with Gasteiger partial charge in [-0.1, -0.05) is 24.8 Å². The molecule has 3 heterocycles. The molecule has 1 aromatic heterocycles. The Morgan fingerprint density at radius 3 is 2.61 bits per heavy atom. The highest BCUT2D eigenvalue weighted by molar-refractivity contribution is 8.04. The number of alkyl halides is 5. The third kappa shape index (κ3) is 5.61. The Kier molecular flexibility index (Phi) is 7.27. The molecule has 3 unspecified atom stereocenters. The fourth-order valence-corrected chi connectivity index (χ4v) is 6.01. The number of likely N-dealkylation sites (tertiary alicyclic amines) is 1. The van der Waals surface area contributed by atoms with Crippen LogP contribution in [0.1, 0.15) is 44.6 Å². The molecule has 4 rings (SSSR count). The molecule has 5 nitrogen and oxygen atoms in total. The molecule has 36 heavy (non-hydrogen) atoms. The van der Waals surface area contributed by atoms with Gasteiger partial charge in [-0.25, -0.2) is 8.78 Å². The summed E-state index contributed by atoms with van der Waals surface area (Å²) in [5, 5.41) is 0. The van der Waals surface area contributed by atoms with Gasteiger partial charge in [0.25, 0.3) is 11.8 Å². The van der Waals surface area contributed by atoms with E-state index in [0.717, 1.165) is 19.0 Å². The van der Waals surface area contributed by atoms with Gasteiger partial charge in [-0.15, -0.1) is 0 Å². The molecular formula is C25H27F5N2O3S. The molecule has 1 aliphatic carbocycles. The topological polar surface area (TPSA) is 53.8 Å². The predicted molar refractivity (Wildman–Crippen MR) is 126 cm³/mol. The van der Waals surface area contributed by atoms with Crippen LogP contribution in [0.4, 0.5) is 22.0 Å². The van der Waals surface area contributed by atoms with Gasteiger partial charge < -0.3 is 9.32 Å². The van der Waals surface area contributed by atoms with E-state index in [1.807, 2.05) is 4.90 Å². The zero-order valence-corrected chi connectivity index (χ0v) is 20.9. The van der Waals surface area contributed by atoms with Gasteiger partial charge >= 0.3 is 6.18 Å². The molecule has 0 bridgehead atoms. The van der Waals surface area contributed by atoms with Gasteiger partial charge in [0.2, 0.25) is 0 Å². The molecule has 1 aromatic rings. The number of ketones is 1. The first-order chi connectivity index (χ1) is 16.7. The van der Waals surface area contributed by atoms with Crippen LogP contribution in [0.25, 0.3) is 6.08 Å². The average Bonchev–Trinajstić information content (AvgIpc) is 3.48. The van der Waals surface area contributed by atoms with Gasteiger partial charge in [-0.2, -0.15) is 13.2 Å². The van der Waals surface area contributed by atoms with Gasteiger partial charge in [-0.3, -0.25) is 14.5 Å². The lowest BCUT2D eigenvalue weighted by Gasteiger charge is -2.31. The van der Waals surface area contributed by atoms with Crippen molar-refractivity contribution in [3.05, 3.63) is 51.9 Å². The van der Waals surface area contributed by atoms with Crippen LogP contribution in [0.15, 0.2) is 44.8 Å². The van der Waals surface area contributed by atoms with E-state index >= 15 is 0 Å². The summed E-state index contributed by atoms with van der Waals surface area (Å²) in [5.41, 5.74) is -1.74. The van der Waals surface area contributed by atoms with Gasteiger partial charge in [0.15, 0.2) is 0 Å². The van der Waals surface area contributed by atoms with Crippen molar-refractivity contribution in [2.75, 3.05) is 25.5 Å². The number of hydrogen-bond acceptors (Lipinski definition) is 5. The normalized spacial score (nSPS) is 27.1. The van der Waals surface area contributed by atoms with Crippen LogP contribution in [0, 0.1) is 5.92 Å². The lowest BCUT2D eigenvalue weighted by molar-refractivity contribution is -0.126. The molecule has 11 heteroatoms. The molecule has 0 spiro atoms. The number of rotatable bonds is 6. The maximum absolute atomic E-state index is 14.1. The Hall–Kier alpha value is -2.40. The van der Waals surface area contributed by atoms with E-state index in [1.165, 1.54) is 43.8 Å². The van der Waals surface area contributed by atoms with E-state index < -0.39 is 35.1 Å². The number of carbonyl (C=O) groups excluding carboxylic acids is 2. The second-order valence-electron chi connectivity index (χ2n) is 9.60. The number of thioether (sulfide) groups is 1. The predicted octanol–water partition coefficient (Wildman–Crippen LogP) is 5.62. The molecule has 0 aromatic carbocycles. The number of furan rings is 1. The number of halogens is 5. The van der Waals surface area contributed by atoms with Crippen molar-refractivity contribution in [2.24, 2.45) is 5.92 Å². The van der Waals surface area contributed by atoms with E-state index in [2.05, 4.69) is 0 Å². The van der Waals surface area contributed by atoms with E-state index in [-0.39, 0.29) is 29.3 Å². The number of hydrogen-bond donors (Lipinski definition) is 0. The van der Waals surface area contributed by atoms with Gasteiger partial charge in [-0.05, 0) is 43.5 Å². The van der Waals surface area contributed by atoms with Gasteiger partial charge in [0.05, 0.1) is 22.9 Å². The minimum atomic E-state index is -4.77. The van der Waals surface area contributed by atoms with E-state index in [9.17, 15) is 31.5 Å². The van der Waals surface area contributed by atoms with Crippen molar-refractivity contribution in [2.45, 2.75) is 51.3 Å². The Labute approximate surface area is 210 Å². The zero-order chi connectivity index (χ0) is 26.4. The second kappa shape index (κ2) is 9.81. The number of allylic oxidation sites excluding steroid dienone is 4. The molecule has 2 fully saturated rings. The summed E-state index contributed by atoms with van der Waals surface area (Å²) in [5.74, 6) is -4.63. The molecule has 0 radical (unpaired) electrons. The number of carbonyl (C=O) groups is 2. The van der Waals surface area contributed by atoms with Crippen LogP contribution in [-0.4, -0.2) is 65.1 Å². The molecule has 2 saturated heterocycles. The Balaban J connectivity index is 1.51. The second-order valence-corrected chi connectivity index (χ2v) is 10.6. The highest BCUT2D eigenvalue weighted by Crippen LogP contribution is 2.46. The van der Waals surface area contributed by atoms with Crippen molar-refractivity contribution < 1.29 is 36.0 Å². The van der Waals surface area contributed by atoms with Crippen molar-refractivity contribution in [3.63, 3.8) is 0 Å². The summed E-state index contributed by atoms with van der Waals surface area (Å²) in [6.07, 6.45) is -1.03. The summed E-state index contributed by atoms with van der Waals surface area (Å²) < 4.78 is 74.3.